The summed E-state index contributed by atoms with van der Waals surface area (Å²) >= 11 is 0. The second kappa shape index (κ2) is 6.62. The van der Waals surface area contributed by atoms with Gasteiger partial charge >= 0.3 is 12.0 Å². The first-order valence-electron chi connectivity index (χ1n) is 6.36. The highest BCUT2D eigenvalue weighted by molar-refractivity contribution is 7.89. The maximum Gasteiger partial charge on any atom is 0.337 e. The van der Waals surface area contributed by atoms with E-state index in [0.29, 0.717) is 0 Å². The molecular formula is C12H15N5O5S. The molecule has 11 heteroatoms. The lowest BCUT2D eigenvalue weighted by atomic mass is 10.2. The number of aromatic nitrogens is 3. The molecule has 0 bridgehead atoms. The van der Waals surface area contributed by atoms with Gasteiger partial charge in [0.1, 0.15) is 0 Å². The molecule has 10 nitrogen and oxygen atoms in total. The van der Waals surface area contributed by atoms with Crippen molar-refractivity contribution in [3.05, 3.63) is 29.8 Å². The average molecular weight is 341 g/mol. The summed E-state index contributed by atoms with van der Waals surface area (Å²) in [7, 11) is -0.957. The van der Waals surface area contributed by atoms with Crippen LogP contribution < -0.4 is 14.8 Å². The zero-order valence-corrected chi connectivity index (χ0v) is 13.2. The summed E-state index contributed by atoms with van der Waals surface area (Å²) in [5.41, 5.74) is -0.308. The fourth-order valence-electron chi connectivity index (χ4n) is 1.79. The van der Waals surface area contributed by atoms with E-state index in [2.05, 4.69) is 20.1 Å². The molecule has 0 fully saturated rings. The minimum Gasteiger partial charge on any atom is -0.478 e. The third kappa shape index (κ3) is 3.76. The number of carboxylic acid groups (broad SMARTS) is 1. The van der Waals surface area contributed by atoms with Crippen LogP contribution in [0.15, 0.2) is 29.2 Å². The van der Waals surface area contributed by atoms with Gasteiger partial charge in [-0.05, 0) is 12.1 Å². The van der Waals surface area contributed by atoms with Crippen molar-refractivity contribution in [2.24, 2.45) is 7.05 Å². The maximum absolute atomic E-state index is 12.2. The Kier molecular flexibility index (Phi) is 4.81. The Labute approximate surface area is 132 Å². The molecule has 0 radical (unpaired) electrons. The van der Waals surface area contributed by atoms with E-state index in [0.717, 1.165) is 0 Å². The fraction of sp³-hybridized carbons (Fsp3) is 0.250. The Morgan fingerprint density at radius 2 is 2.09 bits per heavy atom. The van der Waals surface area contributed by atoms with E-state index in [4.69, 9.17) is 9.84 Å². The Balaban J connectivity index is 2.09. The molecule has 1 heterocycles. The molecule has 124 valence electrons. The molecule has 0 aliphatic carbocycles. The van der Waals surface area contributed by atoms with Gasteiger partial charge < -0.3 is 15.2 Å². The van der Waals surface area contributed by atoms with Gasteiger partial charge in [0.05, 0.1) is 24.2 Å². The minimum atomic E-state index is -4.00. The Bertz CT molecular complexity index is 817. The molecule has 0 saturated heterocycles. The minimum absolute atomic E-state index is 0.165. The van der Waals surface area contributed by atoms with Crippen LogP contribution in [0, 0.1) is 0 Å². The molecule has 1 aromatic carbocycles. The quantitative estimate of drug-likeness (QED) is 0.593. The molecule has 23 heavy (non-hydrogen) atoms. The largest absolute Gasteiger partial charge is 0.478 e. The van der Waals surface area contributed by atoms with Gasteiger partial charge in [-0.25, -0.2) is 17.9 Å². The molecule has 0 atom stereocenters. The molecule has 0 spiro atoms. The smallest absolute Gasteiger partial charge is 0.337 e. The normalized spacial score (nSPS) is 11.2. The van der Waals surface area contributed by atoms with Crippen LogP contribution >= 0.6 is 0 Å². The highest BCUT2D eigenvalue weighted by atomic mass is 32.2. The number of hydrogen-bond donors (Lipinski definition) is 3. The first kappa shape index (κ1) is 16.7. The van der Waals surface area contributed by atoms with Crippen molar-refractivity contribution in [1.82, 2.24) is 19.5 Å². The van der Waals surface area contributed by atoms with Gasteiger partial charge in [0.15, 0.2) is 0 Å². The van der Waals surface area contributed by atoms with E-state index < -0.39 is 16.0 Å². The third-order valence-corrected chi connectivity index (χ3v) is 4.28. The number of benzene rings is 1. The first-order valence-corrected chi connectivity index (χ1v) is 7.84. The summed E-state index contributed by atoms with van der Waals surface area (Å²) in [5, 5.41) is 15.7. The molecule has 2 rings (SSSR count). The van der Waals surface area contributed by atoms with Crippen molar-refractivity contribution in [1.29, 1.82) is 0 Å². The fourth-order valence-corrected chi connectivity index (χ4v) is 2.91. The number of rotatable bonds is 7. The lowest BCUT2D eigenvalue weighted by Crippen LogP contribution is -2.30. The molecule has 0 aliphatic rings. The lowest BCUT2D eigenvalue weighted by molar-refractivity contribution is 0.0692. The molecule has 0 amide bonds. The van der Waals surface area contributed by atoms with Crippen molar-refractivity contribution < 1.29 is 23.1 Å². The van der Waals surface area contributed by atoms with Gasteiger partial charge in [-0.15, -0.1) is 5.10 Å². The number of methoxy groups -OCH3 is 1. The summed E-state index contributed by atoms with van der Waals surface area (Å²) in [4.78, 5) is 14.7. The molecule has 2 aromatic rings. The van der Waals surface area contributed by atoms with Crippen LogP contribution in [0.4, 0.5) is 5.95 Å². The molecular weight excluding hydrogens is 326 g/mol. The van der Waals surface area contributed by atoms with Gasteiger partial charge in [0, 0.05) is 7.05 Å². The number of sulfonamides is 1. The second-order valence-corrected chi connectivity index (χ2v) is 6.08. The number of hydrogen-bond acceptors (Lipinski definition) is 7. The van der Waals surface area contributed by atoms with Crippen LogP contribution in [0.5, 0.6) is 6.01 Å². The van der Waals surface area contributed by atoms with Crippen LogP contribution in [0.1, 0.15) is 10.4 Å². The third-order valence-electron chi connectivity index (χ3n) is 2.82. The van der Waals surface area contributed by atoms with Crippen LogP contribution in [-0.2, 0) is 17.1 Å². The van der Waals surface area contributed by atoms with E-state index in [1.54, 1.807) is 7.05 Å². The molecule has 0 saturated carbocycles. The summed E-state index contributed by atoms with van der Waals surface area (Å²) in [6, 6.07) is 5.58. The van der Waals surface area contributed by atoms with Crippen LogP contribution in [0.2, 0.25) is 0 Å². The van der Waals surface area contributed by atoms with Gasteiger partial charge in [0.25, 0.3) is 0 Å². The van der Waals surface area contributed by atoms with E-state index >= 15 is 0 Å². The van der Waals surface area contributed by atoms with E-state index in [9.17, 15) is 13.2 Å². The molecule has 1 aromatic heterocycles. The van der Waals surface area contributed by atoms with E-state index in [1.165, 1.54) is 36.1 Å². The van der Waals surface area contributed by atoms with Gasteiger partial charge in [-0.1, -0.05) is 12.1 Å². The average Bonchev–Trinajstić information content (AvgIpc) is 2.87. The van der Waals surface area contributed by atoms with Crippen LogP contribution in [0.25, 0.3) is 0 Å². The SMILES string of the molecule is COc1nc(NCNS(=O)(=O)c2ccccc2C(=O)O)nn1C. The summed E-state index contributed by atoms with van der Waals surface area (Å²) in [5.74, 6) is -1.16. The summed E-state index contributed by atoms with van der Waals surface area (Å²) in [6.07, 6.45) is 0. The monoisotopic (exact) mass is 341 g/mol. The lowest BCUT2D eigenvalue weighted by Gasteiger charge is -2.09. The predicted octanol–water partition coefficient (Wildman–Crippen LogP) is -0.130. The summed E-state index contributed by atoms with van der Waals surface area (Å²) < 4.78 is 32.9. The summed E-state index contributed by atoms with van der Waals surface area (Å²) in [6.45, 7) is -0.219. The number of nitrogens with zero attached hydrogens (tertiary/aromatic N) is 3. The Morgan fingerprint density at radius 3 is 2.70 bits per heavy atom. The van der Waals surface area contributed by atoms with Gasteiger partial charge in [-0.3, -0.25) is 0 Å². The van der Waals surface area contributed by atoms with E-state index in [-0.39, 0.29) is 29.1 Å². The Morgan fingerprint density at radius 1 is 1.39 bits per heavy atom. The van der Waals surface area contributed by atoms with Crippen molar-refractivity contribution in [2.75, 3.05) is 19.1 Å². The number of ether oxygens (including phenoxy) is 1. The topological polar surface area (TPSA) is 135 Å². The standard InChI is InChI=1S/C12H15N5O5S/c1-17-12(22-2)15-11(16-17)13-7-14-23(20,21)9-6-4-3-5-8(9)10(18)19/h3-6,14H,7H2,1-2H3,(H,13,16)(H,18,19). The zero-order chi connectivity index (χ0) is 17.0. The van der Waals surface area contributed by atoms with Crippen molar-refractivity contribution in [2.45, 2.75) is 4.90 Å². The van der Waals surface area contributed by atoms with Crippen molar-refractivity contribution in [3.8, 4) is 6.01 Å². The number of anilines is 1. The number of aryl methyl sites for hydroxylation is 1. The predicted molar refractivity (Wildman–Crippen MR) is 79.8 cm³/mol. The number of aromatic carboxylic acids is 1. The first-order chi connectivity index (χ1) is 10.8. The van der Waals surface area contributed by atoms with Crippen LogP contribution in [-0.4, -0.2) is 48.0 Å². The molecule has 0 unspecified atom stereocenters. The van der Waals surface area contributed by atoms with Crippen molar-refractivity contribution >= 4 is 21.9 Å². The number of carbonyl (C=O) groups is 1. The van der Waals surface area contributed by atoms with Crippen molar-refractivity contribution in [3.63, 3.8) is 0 Å². The Hall–Kier alpha value is -2.66. The van der Waals surface area contributed by atoms with Gasteiger partial charge in [-0.2, -0.15) is 9.71 Å². The van der Waals surface area contributed by atoms with Gasteiger partial charge in [0.2, 0.25) is 16.0 Å². The highest BCUT2D eigenvalue weighted by Gasteiger charge is 2.21. The number of carboxylic acids is 1. The van der Waals surface area contributed by atoms with E-state index in [1.807, 2.05) is 0 Å². The zero-order valence-electron chi connectivity index (χ0n) is 12.3. The molecule has 3 N–H and O–H groups in total. The second-order valence-electron chi connectivity index (χ2n) is 4.35. The number of nitrogens with one attached hydrogen (secondary N) is 2. The maximum atomic E-state index is 12.2. The highest BCUT2D eigenvalue weighted by Crippen LogP contribution is 2.15. The molecule has 0 aliphatic heterocycles. The van der Waals surface area contributed by atoms with Crippen LogP contribution in [0.3, 0.4) is 0 Å².